The van der Waals surface area contributed by atoms with E-state index in [1.54, 1.807) is 10.9 Å². The van der Waals surface area contributed by atoms with Crippen LogP contribution in [-0.4, -0.2) is 25.5 Å². The first-order valence-corrected chi connectivity index (χ1v) is 6.02. The molecule has 0 unspecified atom stereocenters. The van der Waals surface area contributed by atoms with Crippen LogP contribution in [0.25, 0.3) is 0 Å². The van der Waals surface area contributed by atoms with E-state index in [4.69, 9.17) is 0 Å². The van der Waals surface area contributed by atoms with Gasteiger partial charge in [-0.1, -0.05) is 0 Å². The van der Waals surface area contributed by atoms with Crippen molar-refractivity contribution in [1.82, 2.24) is 19.6 Å². The van der Waals surface area contributed by atoms with E-state index in [9.17, 15) is 4.79 Å². The van der Waals surface area contributed by atoms with Crippen molar-refractivity contribution < 1.29 is 4.79 Å². The number of nitrogens with zero attached hydrogens (tertiary/aromatic N) is 4. The predicted octanol–water partition coefficient (Wildman–Crippen LogP) is 2.11. The highest BCUT2D eigenvalue weighted by molar-refractivity contribution is 9.10. The summed E-state index contributed by atoms with van der Waals surface area (Å²) in [7, 11) is 0. The molecule has 0 aliphatic carbocycles. The molecule has 2 rings (SSSR count). The largest absolute Gasteiger partial charge is 0.270 e. The van der Waals surface area contributed by atoms with Crippen molar-refractivity contribution in [2.24, 2.45) is 0 Å². The number of rotatable bonds is 2. The van der Waals surface area contributed by atoms with Gasteiger partial charge in [0.1, 0.15) is 6.54 Å². The van der Waals surface area contributed by atoms with Crippen LogP contribution in [0.2, 0.25) is 0 Å². The third-order valence-corrected chi connectivity index (χ3v) is 3.21. The van der Waals surface area contributed by atoms with Crippen molar-refractivity contribution in [2.45, 2.75) is 27.3 Å². The molecule has 0 saturated heterocycles. The molecule has 6 heteroatoms. The number of aromatic nitrogens is 4. The highest BCUT2D eigenvalue weighted by Gasteiger charge is 2.12. The molecule has 0 N–H and O–H groups in total. The van der Waals surface area contributed by atoms with Gasteiger partial charge < -0.3 is 0 Å². The molecule has 0 atom stereocenters. The van der Waals surface area contributed by atoms with Crippen LogP contribution in [0.3, 0.4) is 0 Å². The molecule has 0 radical (unpaired) electrons. The summed E-state index contributed by atoms with van der Waals surface area (Å²) in [6.45, 7) is 5.80. The number of carbonyl (C=O) groups excluding carboxylic acids is 1. The molecule has 0 bridgehead atoms. The average Bonchev–Trinajstić information content (AvgIpc) is 2.71. The lowest BCUT2D eigenvalue weighted by atomic mass is 10.4. The van der Waals surface area contributed by atoms with Crippen molar-refractivity contribution in [2.75, 3.05) is 0 Å². The van der Waals surface area contributed by atoms with Gasteiger partial charge in [0.05, 0.1) is 15.9 Å². The molecule has 0 amide bonds. The minimum Gasteiger partial charge on any atom is -0.270 e. The molecule has 0 aromatic carbocycles. The summed E-state index contributed by atoms with van der Waals surface area (Å²) in [5.41, 5.74) is 2.55. The lowest BCUT2D eigenvalue weighted by Gasteiger charge is -2.02. The number of aryl methyl sites for hydroxylation is 3. The fraction of sp³-hybridized carbons (Fsp3) is 0.364. The zero-order valence-electron chi connectivity index (χ0n) is 9.94. The molecular weight excluding hydrogens is 284 g/mol. The highest BCUT2D eigenvalue weighted by atomic mass is 79.9. The SMILES string of the molecule is Cc1cc(C)n(C(=O)Cn2cc(Br)c(C)n2)n1. The van der Waals surface area contributed by atoms with Crippen molar-refractivity contribution >= 4 is 21.8 Å². The summed E-state index contributed by atoms with van der Waals surface area (Å²) in [5, 5.41) is 8.37. The third-order valence-electron chi connectivity index (χ3n) is 2.43. The monoisotopic (exact) mass is 296 g/mol. The van der Waals surface area contributed by atoms with Crippen LogP contribution in [0.4, 0.5) is 0 Å². The van der Waals surface area contributed by atoms with E-state index in [1.807, 2.05) is 26.8 Å². The fourth-order valence-corrected chi connectivity index (χ4v) is 1.98. The van der Waals surface area contributed by atoms with Crippen molar-refractivity contribution in [1.29, 1.82) is 0 Å². The Hall–Kier alpha value is -1.43. The maximum absolute atomic E-state index is 12.0. The zero-order chi connectivity index (χ0) is 12.6. The van der Waals surface area contributed by atoms with Crippen LogP contribution in [-0.2, 0) is 6.54 Å². The van der Waals surface area contributed by atoms with E-state index in [0.29, 0.717) is 0 Å². The number of halogens is 1. The second kappa shape index (κ2) is 4.44. The molecule has 2 heterocycles. The lowest BCUT2D eigenvalue weighted by molar-refractivity contribution is 0.0867. The van der Waals surface area contributed by atoms with E-state index in [0.717, 1.165) is 21.6 Å². The Labute approximate surface area is 108 Å². The van der Waals surface area contributed by atoms with Gasteiger partial charge in [0.15, 0.2) is 0 Å². The van der Waals surface area contributed by atoms with Crippen molar-refractivity contribution in [3.8, 4) is 0 Å². The van der Waals surface area contributed by atoms with Crippen LogP contribution in [0.15, 0.2) is 16.7 Å². The second-order valence-electron chi connectivity index (χ2n) is 3.99. The van der Waals surface area contributed by atoms with Crippen LogP contribution in [0.5, 0.6) is 0 Å². The average molecular weight is 297 g/mol. The van der Waals surface area contributed by atoms with Gasteiger partial charge in [-0.2, -0.15) is 10.2 Å². The van der Waals surface area contributed by atoms with Crippen molar-refractivity contribution in [3.05, 3.63) is 33.8 Å². The summed E-state index contributed by atoms with van der Waals surface area (Å²) in [6, 6.07) is 1.88. The Bertz CT molecular complexity index is 551. The molecule has 90 valence electrons. The zero-order valence-corrected chi connectivity index (χ0v) is 11.5. The first-order chi connectivity index (χ1) is 7.97. The van der Waals surface area contributed by atoms with E-state index >= 15 is 0 Å². The Morgan fingerprint density at radius 2 is 2.06 bits per heavy atom. The van der Waals surface area contributed by atoms with Gasteiger partial charge >= 0.3 is 0 Å². The summed E-state index contributed by atoms with van der Waals surface area (Å²) in [6.07, 6.45) is 1.79. The van der Waals surface area contributed by atoms with E-state index in [-0.39, 0.29) is 12.5 Å². The van der Waals surface area contributed by atoms with Crippen LogP contribution >= 0.6 is 15.9 Å². The molecule has 0 fully saturated rings. The van der Waals surface area contributed by atoms with Gasteiger partial charge in [-0.05, 0) is 42.8 Å². The normalized spacial score (nSPS) is 10.8. The standard InChI is InChI=1S/C11H13BrN4O/c1-7-4-8(2)16(13-7)11(17)6-15-5-10(12)9(3)14-15/h4-5H,6H2,1-3H3. The van der Waals surface area contributed by atoms with Crippen molar-refractivity contribution in [3.63, 3.8) is 0 Å². The number of hydrogen-bond donors (Lipinski definition) is 0. The molecule has 2 aromatic rings. The van der Waals surface area contributed by atoms with Gasteiger partial charge in [-0.3, -0.25) is 9.48 Å². The first-order valence-electron chi connectivity index (χ1n) is 5.23. The van der Waals surface area contributed by atoms with Crippen LogP contribution < -0.4 is 0 Å². The lowest BCUT2D eigenvalue weighted by Crippen LogP contribution is -2.20. The van der Waals surface area contributed by atoms with E-state index < -0.39 is 0 Å². The predicted molar refractivity (Wildman–Crippen MR) is 67.0 cm³/mol. The fourth-order valence-electron chi connectivity index (χ4n) is 1.66. The topological polar surface area (TPSA) is 52.7 Å². The van der Waals surface area contributed by atoms with E-state index in [2.05, 4.69) is 26.1 Å². The Kier molecular flexibility index (Phi) is 3.15. The molecule has 5 nitrogen and oxygen atoms in total. The molecule has 0 aliphatic heterocycles. The third kappa shape index (κ3) is 2.46. The Morgan fingerprint density at radius 3 is 2.53 bits per heavy atom. The summed E-state index contributed by atoms with van der Waals surface area (Å²) >= 11 is 3.36. The summed E-state index contributed by atoms with van der Waals surface area (Å²) in [4.78, 5) is 12.0. The van der Waals surface area contributed by atoms with Crippen LogP contribution in [0.1, 0.15) is 21.9 Å². The van der Waals surface area contributed by atoms with Gasteiger partial charge in [-0.15, -0.1) is 0 Å². The minimum atomic E-state index is -0.0920. The summed E-state index contributed by atoms with van der Waals surface area (Å²) < 4.78 is 3.93. The van der Waals surface area contributed by atoms with Gasteiger partial charge in [-0.25, -0.2) is 4.68 Å². The van der Waals surface area contributed by atoms with Gasteiger partial charge in [0.2, 0.25) is 0 Å². The quantitative estimate of drug-likeness (QED) is 0.853. The van der Waals surface area contributed by atoms with Gasteiger partial charge in [0, 0.05) is 11.9 Å². The number of hydrogen-bond acceptors (Lipinski definition) is 3. The molecule has 0 spiro atoms. The molecular formula is C11H13BrN4O. The maximum Gasteiger partial charge on any atom is 0.268 e. The van der Waals surface area contributed by atoms with E-state index in [1.165, 1.54) is 4.68 Å². The minimum absolute atomic E-state index is 0.0920. The van der Waals surface area contributed by atoms with Gasteiger partial charge in [0.25, 0.3) is 5.91 Å². The smallest absolute Gasteiger partial charge is 0.268 e. The Balaban J connectivity index is 2.19. The molecule has 0 aliphatic rings. The highest BCUT2D eigenvalue weighted by Crippen LogP contribution is 2.13. The van der Waals surface area contributed by atoms with Crippen LogP contribution in [0, 0.1) is 20.8 Å². The maximum atomic E-state index is 12.0. The molecule has 17 heavy (non-hydrogen) atoms. The number of carbonyl (C=O) groups is 1. The Morgan fingerprint density at radius 1 is 1.35 bits per heavy atom. The molecule has 0 saturated carbocycles. The summed E-state index contributed by atoms with van der Waals surface area (Å²) in [5.74, 6) is -0.0920. The first kappa shape index (κ1) is 12.0. The molecule has 2 aromatic heterocycles. The second-order valence-corrected chi connectivity index (χ2v) is 4.85.